The van der Waals surface area contributed by atoms with E-state index < -0.39 is 0 Å². The average Bonchev–Trinajstić information content (AvgIpc) is 2.81. The molecule has 1 saturated heterocycles. The number of aryl methyl sites for hydroxylation is 1. The van der Waals surface area contributed by atoms with Crippen LogP contribution in [-0.2, 0) is 4.74 Å². The number of aromatic nitrogens is 1. The van der Waals surface area contributed by atoms with E-state index in [0.29, 0.717) is 17.5 Å². The summed E-state index contributed by atoms with van der Waals surface area (Å²) in [6.45, 7) is 6.09. The van der Waals surface area contributed by atoms with Crippen molar-refractivity contribution in [1.82, 2.24) is 9.88 Å². The highest BCUT2D eigenvalue weighted by molar-refractivity contribution is 7.17. The van der Waals surface area contributed by atoms with Crippen LogP contribution in [0.2, 0.25) is 0 Å². The monoisotopic (exact) mass is 297 g/mol. The first-order chi connectivity index (χ1) is 9.52. The zero-order chi connectivity index (χ0) is 14.7. The Kier molecular flexibility index (Phi) is 4.99. The molecule has 0 bridgehead atoms. The topological polar surface area (TPSA) is 45.7 Å². The van der Waals surface area contributed by atoms with E-state index in [9.17, 15) is 4.79 Å². The van der Waals surface area contributed by atoms with Crippen molar-refractivity contribution in [1.29, 1.82) is 0 Å². The van der Waals surface area contributed by atoms with E-state index in [0.717, 1.165) is 36.8 Å². The van der Waals surface area contributed by atoms with Crippen LogP contribution in [0.15, 0.2) is 0 Å². The molecule has 0 amide bonds. The van der Waals surface area contributed by atoms with Gasteiger partial charge >= 0.3 is 5.97 Å². The highest BCUT2D eigenvalue weighted by atomic mass is 32.1. The number of piperidine rings is 1. The van der Waals surface area contributed by atoms with E-state index >= 15 is 0 Å². The van der Waals surface area contributed by atoms with Crippen LogP contribution in [0.3, 0.4) is 0 Å². The molecule has 0 N–H and O–H groups in total. The van der Waals surface area contributed by atoms with Crippen LogP contribution in [0.1, 0.15) is 35.1 Å². The second-order valence-corrected chi connectivity index (χ2v) is 6.29. The fourth-order valence-corrected chi connectivity index (χ4v) is 3.49. The van der Waals surface area contributed by atoms with Gasteiger partial charge in [-0.25, -0.2) is 9.78 Å². The lowest BCUT2D eigenvalue weighted by atomic mass is 10.0. The van der Waals surface area contributed by atoms with E-state index in [1.54, 1.807) is 0 Å². The van der Waals surface area contributed by atoms with Gasteiger partial charge in [0.2, 0.25) is 0 Å². The Morgan fingerprint density at radius 2 is 2.10 bits per heavy atom. The van der Waals surface area contributed by atoms with Crippen LogP contribution in [0, 0.1) is 6.92 Å². The fraction of sp³-hybridized carbons (Fsp3) is 0.714. The Balaban J connectivity index is 2.04. The van der Waals surface area contributed by atoms with E-state index in [2.05, 4.69) is 28.9 Å². The first-order valence-electron chi connectivity index (χ1n) is 7.08. The van der Waals surface area contributed by atoms with Crippen molar-refractivity contribution >= 4 is 22.4 Å². The number of thiazole rings is 1. The van der Waals surface area contributed by atoms with Gasteiger partial charge in [0.05, 0.1) is 12.3 Å². The molecule has 112 valence electrons. The number of carbonyl (C=O) groups excluding carboxylic acids is 1. The molecule has 0 unspecified atom stereocenters. The summed E-state index contributed by atoms with van der Waals surface area (Å²) in [7, 11) is 4.26. The molecule has 1 fully saturated rings. The number of ether oxygens (including phenoxy) is 1. The predicted octanol–water partition coefficient (Wildman–Crippen LogP) is 2.16. The lowest BCUT2D eigenvalue weighted by Crippen LogP contribution is -2.41. The third-order valence-electron chi connectivity index (χ3n) is 3.71. The van der Waals surface area contributed by atoms with E-state index in [1.165, 1.54) is 11.3 Å². The summed E-state index contributed by atoms with van der Waals surface area (Å²) >= 11 is 1.45. The molecule has 1 aromatic rings. The van der Waals surface area contributed by atoms with E-state index in [-0.39, 0.29) is 5.97 Å². The van der Waals surface area contributed by atoms with Gasteiger partial charge in [0.15, 0.2) is 5.13 Å². The number of nitrogens with zero attached hydrogens (tertiary/aromatic N) is 3. The van der Waals surface area contributed by atoms with Gasteiger partial charge in [0, 0.05) is 19.1 Å². The normalized spacial score (nSPS) is 16.8. The lowest BCUT2D eigenvalue weighted by Gasteiger charge is -2.35. The molecule has 0 spiro atoms. The zero-order valence-corrected chi connectivity index (χ0v) is 13.5. The molecule has 0 saturated carbocycles. The molecule has 2 heterocycles. The zero-order valence-electron chi connectivity index (χ0n) is 12.7. The van der Waals surface area contributed by atoms with Crippen molar-refractivity contribution in [3.63, 3.8) is 0 Å². The number of hydrogen-bond acceptors (Lipinski definition) is 6. The fourth-order valence-electron chi connectivity index (χ4n) is 2.48. The second kappa shape index (κ2) is 6.54. The maximum Gasteiger partial charge on any atom is 0.350 e. The average molecular weight is 297 g/mol. The number of rotatable bonds is 4. The first kappa shape index (κ1) is 15.3. The molecule has 0 radical (unpaired) electrons. The van der Waals surface area contributed by atoms with Crippen molar-refractivity contribution in [3.05, 3.63) is 10.6 Å². The summed E-state index contributed by atoms with van der Waals surface area (Å²) in [6.07, 6.45) is 2.28. The van der Waals surface area contributed by atoms with Gasteiger partial charge in [0.1, 0.15) is 4.88 Å². The highest BCUT2D eigenvalue weighted by Crippen LogP contribution is 2.29. The SMILES string of the molecule is CCOC(=O)c1sc(N2CCC(N(C)C)CC2)nc1C. The molecule has 0 atom stereocenters. The van der Waals surface area contributed by atoms with Crippen molar-refractivity contribution < 1.29 is 9.53 Å². The number of hydrogen-bond donors (Lipinski definition) is 0. The standard InChI is InChI=1S/C14H23N3O2S/c1-5-19-13(18)12-10(2)15-14(20-12)17-8-6-11(7-9-17)16(3)4/h11H,5-9H2,1-4H3. The molecule has 1 aliphatic rings. The van der Waals surface area contributed by atoms with Crippen molar-refractivity contribution in [2.45, 2.75) is 32.7 Å². The molecule has 1 aliphatic heterocycles. The Labute approximate surface area is 124 Å². The van der Waals surface area contributed by atoms with Gasteiger partial charge in [0.25, 0.3) is 0 Å². The van der Waals surface area contributed by atoms with Gasteiger partial charge in [-0.1, -0.05) is 11.3 Å². The van der Waals surface area contributed by atoms with Crippen LogP contribution in [0.4, 0.5) is 5.13 Å². The third kappa shape index (κ3) is 3.30. The summed E-state index contributed by atoms with van der Waals surface area (Å²) < 4.78 is 5.06. The summed E-state index contributed by atoms with van der Waals surface area (Å²) in [5.41, 5.74) is 0.776. The first-order valence-corrected chi connectivity index (χ1v) is 7.90. The van der Waals surface area contributed by atoms with Gasteiger partial charge in [-0.05, 0) is 40.8 Å². The van der Waals surface area contributed by atoms with Gasteiger partial charge < -0.3 is 14.5 Å². The second-order valence-electron chi connectivity index (χ2n) is 5.31. The Hall–Kier alpha value is -1.14. The van der Waals surface area contributed by atoms with E-state index in [1.807, 2.05) is 13.8 Å². The molecule has 0 aromatic carbocycles. The summed E-state index contributed by atoms with van der Waals surface area (Å²) in [5.74, 6) is -0.253. The van der Waals surface area contributed by atoms with Crippen LogP contribution in [0.5, 0.6) is 0 Å². The van der Waals surface area contributed by atoms with Gasteiger partial charge in [-0.3, -0.25) is 0 Å². The smallest absolute Gasteiger partial charge is 0.350 e. The van der Waals surface area contributed by atoms with E-state index in [4.69, 9.17) is 4.74 Å². The minimum atomic E-state index is -0.253. The molecular formula is C14H23N3O2S. The van der Waals surface area contributed by atoms with Crippen LogP contribution in [0.25, 0.3) is 0 Å². The van der Waals surface area contributed by atoms with Gasteiger partial charge in [-0.2, -0.15) is 0 Å². The molecule has 0 aliphatic carbocycles. The molecular weight excluding hydrogens is 274 g/mol. The van der Waals surface area contributed by atoms with Crippen LogP contribution < -0.4 is 4.90 Å². The van der Waals surface area contributed by atoms with Gasteiger partial charge in [-0.15, -0.1) is 0 Å². The lowest BCUT2D eigenvalue weighted by molar-refractivity contribution is 0.0531. The largest absolute Gasteiger partial charge is 0.462 e. The third-order valence-corrected chi connectivity index (χ3v) is 4.91. The Morgan fingerprint density at radius 3 is 2.65 bits per heavy atom. The van der Waals surface area contributed by atoms with Crippen LogP contribution >= 0.6 is 11.3 Å². The van der Waals surface area contributed by atoms with Crippen LogP contribution in [-0.4, -0.2) is 55.7 Å². The number of esters is 1. The summed E-state index contributed by atoms with van der Waals surface area (Å²) in [4.78, 5) is 21.6. The number of anilines is 1. The minimum Gasteiger partial charge on any atom is -0.462 e. The molecule has 6 heteroatoms. The maximum atomic E-state index is 11.8. The predicted molar refractivity (Wildman–Crippen MR) is 81.7 cm³/mol. The molecule has 2 rings (SSSR count). The van der Waals surface area contributed by atoms with Crippen molar-refractivity contribution in [2.24, 2.45) is 0 Å². The van der Waals surface area contributed by atoms with Crippen molar-refractivity contribution in [2.75, 3.05) is 38.7 Å². The Bertz CT molecular complexity index is 465. The number of carbonyl (C=O) groups is 1. The molecule has 1 aromatic heterocycles. The summed E-state index contributed by atoms with van der Waals surface area (Å²) in [5, 5.41) is 0.947. The highest BCUT2D eigenvalue weighted by Gasteiger charge is 2.24. The minimum absolute atomic E-state index is 0.253. The quantitative estimate of drug-likeness (QED) is 0.797. The molecule has 20 heavy (non-hydrogen) atoms. The summed E-state index contributed by atoms with van der Waals surface area (Å²) in [6, 6.07) is 0.650. The Morgan fingerprint density at radius 1 is 1.45 bits per heavy atom. The maximum absolute atomic E-state index is 11.8. The van der Waals surface area contributed by atoms with Crippen molar-refractivity contribution in [3.8, 4) is 0 Å². The molecule has 5 nitrogen and oxygen atoms in total.